The lowest BCUT2D eigenvalue weighted by molar-refractivity contribution is -0.162. The molecule has 4 bridgehead atoms. The van der Waals surface area contributed by atoms with E-state index in [1.165, 1.54) is 6.92 Å². The molecule has 37 heavy (non-hydrogen) atoms. The maximum absolute atomic E-state index is 13.0. The minimum atomic E-state index is -0.766. The minimum absolute atomic E-state index is 0.0650. The van der Waals surface area contributed by atoms with Gasteiger partial charge in [0.1, 0.15) is 18.3 Å². The molecule has 10 heteroatoms. The van der Waals surface area contributed by atoms with Crippen molar-refractivity contribution in [1.82, 2.24) is 0 Å². The average molecular weight is 515 g/mol. The molecule has 2 heterocycles. The molecule has 6 aliphatic rings. The van der Waals surface area contributed by atoms with Crippen LogP contribution in [0.2, 0.25) is 0 Å². The Morgan fingerprint density at radius 1 is 0.919 bits per heavy atom. The first kappa shape index (κ1) is 24.2. The fraction of sp³-hybridized carbons (Fsp3) is 0.667. The molecule has 6 fully saturated rings. The van der Waals surface area contributed by atoms with Crippen molar-refractivity contribution in [3.63, 3.8) is 0 Å². The van der Waals surface area contributed by atoms with Crippen molar-refractivity contribution in [1.29, 1.82) is 0 Å². The van der Waals surface area contributed by atoms with E-state index in [-0.39, 0.29) is 71.8 Å². The van der Waals surface area contributed by atoms with Crippen molar-refractivity contribution in [3.8, 4) is 0 Å². The number of carbonyl (C=O) groups excluding carboxylic acids is 5. The maximum Gasteiger partial charge on any atom is 0.333 e. The normalized spacial score (nSPS) is 41.7. The van der Waals surface area contributed by atoms with Crippen molar-refractivity contribution in [2.45, 2.75) is 50.9 Å². The number of cyclic esters (lactones) is 1. The first-order chi connectivity index (χ1) is 17.7. The van der Waals surface area contributed by atoms with Crippen LogP contribution in [0.4, 0.5) is 0 Å². The highest BCUT2D eigenvalue weighted by Crippen LogP contribution is 2.59. The summed E-state index contributed by atoms with van der Waals surface area (Å²) < 4.78 is 27.3. The summed E-state index contributed by atoms with van der Waals surface area (Å²) in [5, 5.41) is 0. The SMILES string of the molecule is C=C(C)C(=O)OC1C2CC3C1OC(=O)C3C2C(=O)OCCC(=C)C(=O)OC1CC2CC1C1COC(=O)C21. The van der Waals surface area contributed by atoms with Gasteiger partial charge in [-0.2, -0.15) is 0 Å². The fourth-order valence-electron chi connectivity index (χ4n) is 7.82. The van der Waals surface area contributed by atoms with Crippen molar-refractivity contribution in [3.05, 3.63) is 24.3 Å². The van der Waals surface area contributed by atoms with Crippen LogP contribution in [0.5, 0.6) is 0 Å². The lowest BCUT2D eigenvalue weighted by atomic mass is 9.78. The summed E-state index contributed by atoms with van der Waals surface area (Å²) in [5.74, 6) is -3.87. The molecule has 4 saturated carbocycles. The summed E-state index contributed by atoms with van der Waals surface area (Å²) in [6.45, 7) is 9.21. The van der Waals surface area contributed by atoms with E-state index in [1.54, 1.807) is 0 Å². The van der Waals surface area contributed by atoms with Gasteiger partial charge in [-0.3, -0.25) is 14.4 Å². The molecule has 0 radical (unpaired) electrons. The smallest absolute Gasteiger partial charge is 0.333 e. The zero-order chi connectivity index (χ0) is 26.2. The predicted octanol–water partition coefficient (Wildman–Crippen LogP) is 1.51. The molecule has 0 spiro atoms. The van der Waals surface area contributed by atoms with E-state index in [0.29, 0.717) is 19.4 Å². The molecule has 2 aliphatic heterocycles. The molecular weight excluding hydrogens is 484 g/mol. The Kier molecular flexibility index (Phi) is 5.69. The molecule has 10 nitrogen and oxygen atoms in total. The average Bonchev–Trinajstić information content (AvgIpc) is 3.66. The summed E-state index contributed by atoms with van der Waals surface area (Å²) in [4.78, 5) is 62.1. The van der Waals surface area contributed by atoms with Crippen LogP contribution in [0.15, 0.2) is 24.3 Å². The molecule has 2 saturated heterocycles. The zero-order valence-electron chi connectivity index (χ0n) is 20.6. The second-order valence-electron chi connectivity index (χ2n) is 11.3. The van der Waals surface area contributed by atoms with Gasteiger partial charge in [-0.15, -0.1) is 0 Å². The van der Waals surface area contributed by atoms with Gasteiger partial charge in [0.2, 0.25) is 0 Å². The third kappa shape index (κ3) is 3.70. The number of hydrogen-bond acceptors (Lipinski definition) is 10. The van der Waals surface area contributed by atoms with Gasteiger partial charge >= 0.3 is 29.8 Å². The van der Waals surface area contributed by atoms with Crippen LogP contribution in [0.3, 0.4) is 0 Å². The molecule has 11 atom stereocenters. The van der Waals surface area contributed by atoms with Gasteiger partial charge in [-0.1, -0.05) is 13.2 Å². The molecular formula is C27H30O10. The number of rotatable bonds is 8. The number of carbonyl (C=O) groups is 5. The first-order valence-electron chi connectivity index (χ1n) is 12.9. The van der Waals surface area contributed by atoms with Gasteiger partial charge in [0.15, 0.2) is 0 Å². The van der Waals surface area contributed by atoms with Gasteiger partial charge < -0.3 is 23.7 Å². The molecule has 6 rings (SSSR count). The first-order valence-corrected chi connectivity index (χ1v) is 12.9. The zero-order valence-corrected chi connectivity index (χ0v) is 20.6. The van der Waals surface area contributed by atoms with E-state index in [9.17, 15) is 24.0 Å². The van der Waals surface area contributed by atoms with Crippen LogP contribution in [0.1, 0.15) is 32.6 Å². The summed E-state index contributed by atoms with van der Waals surface area (Å²) in [6.07, 6.45) is 0.627. The highest BCUT2D eigenvalue weighted by Gasteiger charge is 2.70. The van der Waals surface area contributed by atoms with E-state index in [4.69, 9.17) is 23.7 Å². The van der Waals surface area contributed by atoms with Crippen LogP contribution in [-0.4, -0.2) is 61.4 Å². The van der Waals surface area contributed by atoms with Crippen molar-refractivity contribution >= 4 is 29.8 Å². The molecule has 0 aromatic heterocycles. The standard InChI is InChI=1S/C27H30O10/c1-10(2)23(28)36-21-14-8-15-20(27(32)37-22(15)21)19(14)26(31)33-5-4-11(3)24(29)35-17-7-12-6-13(17)16-9-34-25(30)18(12)16/h12-22H,1,3-9H2,2H3. The second-order valence-corrected chi connectivity index (χ2v) is 11.3. The molecule has 198 valence electrons. The Balaban J connectivity index is 1.01. The summed E-state index contributed by atoms with van der Waals surface area (Å²) in [5.41, 5.74) is 0.413. The Morgan fingerprint density at radius 3 is 2.46 bits per heavy atom. The fourth-order valence-corrected chi connectivity index (χ4v) is 7.82. The van der Waals surface area contributed by atoms with Crippen LogP contribution in [-0.2, 0) is 47.7 Å². The number of hydrogen-bond donors (Lipinski definition) is 0. The Labute approximate surface area is 213 Å². The largest absolute Gasteiger partial charge is 0.465 e. The second kappa shape index (κ2) is 8.70. The van der Waals surface area contributed by atoms with E-state index in [0.717, 1.165) is 6.42 Å². The number of fused-ring (bicyclic) bond motifs is 6. The lowest BCUT2D eigenvalue weighted by Gasteiger charge is -2.30. The van der Waals surface area contributed by atoms with Crippen molar-refractivity contribution in [2.24, 2.45) is 47.3 Å². The van der Waals surface area contributed by atoms with Gasteiger partial charge in [-0.05, 0) is 32.1 Å². The van der Waals surface area contributed by atoms with Crippen LogP contribution >= 0.6 is 0 Å². The van der Waals surface area contributed by atoms with E-state index in [2.05, 4.69) is 13.2 Å². The van der Waals surface area contributed by atoms with Gasteiger partial charge in [0, 0.05) is 41.2 Å². The molecule has 0 N–H and O–H groups in total. The topological polar surface area (TPSA) is 132 Å². The van der Waals surface area contributed by atoms with Gasteiger partial charge in [0.05, 0.1) is 31.0 Å². The van der Waals surface area contributed by atoms with Crippen LogP contribution in [0, 0.1) is 47.3 Å². The van der Waals surface area contributed by atoms with Gasteiger partial charge in [-0.25, -0.2) is 9.59 Å². The summed E-state index contributed by atoms with van der Waals surface area (Å²) >= 11 is 0. The van der Waals surface area contributed by atoms with Crippen LogP contribution in [0.25, 0.3) is 0 Å². The molecule has 0 amide bonds. The maximum atomic E-state index is 13.0. The predicted molar refractivity (Wildman–Crippen MR) is 122 cm³/mol. The van der Waals surface area contributed by atoms with Gasteiger partial charge in [0.25, 0.3) is 0 Å². The van der Waals surface area contributed by atoms with E-state index >= 15 is 0 Å². The van der Waals surface area contributed by atoms with E-state index in [1.807, 2.05) is 0 Å². The molecule has 4 aliphatic carbocycles. The summed E-state index contributed by atoms with van der Waals surface area (Å²) in [7, 11) is 0. The summed E-state index contributed by atoms with van der Waals surface area (Å²) in [6, 6.07) is 0. The highest BCUT2D eigenvalue weighted by molar-refractivity contribution is 5.89. The minimum Gasteiger partial charge on any atom is -0.465 e. The lowest BCUT2D eigenvalue weighted by Crippen LogP contribution is -2.43. The quantitative estimate of drug-likeness (QED) is 0.267. The van der Waals surface area contributed by atoms with Crippen LogP contribution < -0.4 is 0 Å². The molecule has 0 aromatic rings. The molecule has 0 aromatic carbocycles. The number of esters is 5. The third-order valence-electron chi connectivity index (χ3n) is 9.40. The Bertz CT molecular complexity index is 1110. The Hall–Kier alpha value is -3.17. The van der Waals surface area contributed by atoms with Crippen molar-refractivity contribution < 1.29 is 47.7 Å². The molecule has 11 unspecified atom stereocenters. The number of ether oxygens (including phenoxy) is 5. The third-order valence-corrected chi connectivity index (χ3v) is 9.40. The highest BCUT2D eigenvalue weighted by atomic mass is 16.6. The van der Waals surface area contributed by atoms with Crippen molar-refractivity contribution in [2.75, 3.05) is 13.2 Å². The Morgan fingerprint density at radius 2 is 1.70 bits per heavy atom. The van der Waals surface area contributed by atoms with E-state index < -0.39 is 47.9 Å². The monoisotopic (exact) mass is 514 g/mol.